The highest BCUT2D eigenvalue weighted by molar-refractivity contribution is 6.10. The topological polar surface area (TPSA) is 30.0 Å². The quantitative estimate of drug-likeness (QED) is 0.775. The zero-order valence-electron chi connectivity index (χ0n) is 11.1. The molecule has 1 fully saturated rings. The van der Waals surface area contributed by atoms with Gasteiger partial charge in [0.15, 0.2) is 5.78 Å². The minimum absolute atomic E-state index is 0.119. The van der Waals surface area contributed by atoms with Crippen LogP contribution in [0.2, 0.25) is 0 Å². The highest BCUT2D eigenvalue weighted by Crippen LogP contribution is 2.38. The molecule has 3 rings (SSSR count). The van der Waals surface area contributed by atoms with E-state index in [0.717, 1.165) is 16.8 Å². The minimum Gasteiger partial charge on any atom is -0.289 e. The zero-order valence-corrected chi connectivity index (χ0v) is 11.1. The third-order valence-electron chi connectivity index (χ3n) is 3.91. The van der Waals surface area contributed by atoms with Gasteiger partial charge in [0.05, 0.1) is 0 Å². The summed E-state index contributed by atoms with van der Waals surface area (Å²) in [5, 5.41) is 0. The van der Waals surface area contributed by atoms with E-state index in [2.05, 4.69) is 11.1 Å². The Morgan fingerprint density at radius 2 is 2.00 bits per heavy atom. The Balaban J connectivity index is 1.99. The summed E-state index contributed by atoms with van der Waals surface area (Å²) in [5.74, 6) is 0.691. The van der Waals surface area contributed by atoms with E-state index < -0.39 is 0 Å². The molecule has 0 atom stereocenters. The van der Waals surface area contributed by atoms with Crippen LogP contribution in [-0.4, -0.2) is 10.8 Å². The SMILES string of the molecule is Cc1cc(C(=O)c2ccccc2C2CCC2)ccn1. The van der Waals surface area contributed by atoms with Crippen molar-refractivity contribution in [3.05, 3.63) is 65.0 Å². The first-order chi connectivity index (χ1) is 9.25. The van der Waals surface area contributed by atoms with E-state index in [1.165, 1.54) is 24.8 Å². The molecule has 1 aromatic heterocycles. The monoisotopic (exact) mass is 251 g/mol. The highest BCUT2D eigenvalue weighted by Gasteiger charge is 2.24. The predicted octanol–water partition coefficient (Wildman–Crippen LogP) is 3.89. The van der Waals surface area contributed by atoms with Crippen LogP contribution in [0, 0.1) is 6.92 Å². The molecule has 1 aromatic carbocycles. The Kier molecular flexibility index (Phi) is 3.16. The van der Waals surface area contributed by atoms with Crippen LogP contribution >= 0.6 is 0 Å². The van der Waals surface area contributed by atoms with Crippen molar-refractivity contribution in [2.24, 2.45) is 0 Å². The smallest absolute Gasteiger partial charge is 0.193 e. The molecule has 0 saturated heterocycles. The first-order valence-corrected chi connectivity index (χ1v) is 6.82. The van der Waals surface area contributed by atoms with Crippen LogP contribution in [0.15, 0.2) is 42.6 Å². The maximum absolute atomic E-state index is 12.6. The lowest BCUT2D eigenvalue weighted by molar-refractivity contribution is 0.103. The maximum Gasteiger partial charge on any atom is 0.193 e. The molecule has 2 aromatic rings. The molecule has 1 aliphatic carbocycles. The normalized spacial score (nSPS) is 15.0. The van der Waals surface area contributed by atoms with Gasteiger partial charge in [0.1, 0.15) is 0 Å². The Hall–Kier alpha value is -1.96. The minimum atomic E-state index is 0.119. The molecule has 19 heavy (non-hydrogen) atoms. The van der Waals surface area contributed by atoms with Gasteiger partial charge in [-0.3, -0.25) is 9.78 Å². The second-order valence-electron chi connectivity index (χ2n) is 5.23. The molecule has 0 aliphatic heterocycles. The first-order valence-electron chi connectivity index (χ1n) is 6.82. The van der Waals surface area contributed by atoms with E-state index in [-0.39, 0.29) is 5.78 Å². The van der Waals surface area contributed by atoms with E-state index >= 15 is 0 Å². The molecule has 0 N–H and O–H groups in total. The van der Waals surface area contributed by atoms with Crippen molar-refractivity contribution in [2.45, 2.75) is 32.1 Å². The lowest BCUT2D eigenvalue weighted by atomic mass is 9.77. The molecule has 0 amide bonds. The molecule has 0 spiro atoms. The largest absolute Gasteiger partial charge is 0.289 e. The van der Waals surface area contributed by atoms with Crippen LogP contribution in [0.5, 0.6) is 0 Å². The van der Waals surface area contributed by atoms with Gasteiger partial charge in [-0.25, -0.2) is 0 Å². The van der Waals surface area contributed by atoms with E-state index in [1.54, 1.807) is 12.3 Å². The fourth-order valence-corrected chi connectivity index (χ4v) is 2.62. The van der Waals surface area contributed by atoms with Crippen molar-refractivity contribution in [1.82, 2.24) is 4.98 Å². The molecule has 1 aliphatic rings. The summed E-state index contributed by atoms with van der Waals surface area (Å²) in [6.45, 7) is 1.91. The fourth-order valence-electron chi connectivity index (χ4n) is 2.62. The third kappa shape index (κ3) is 2.30. The summed E-state index contributed by atoms with van der Waals surface area (Å²) < 4.78 is 0. The van der Waals surface area contributed by atoms with Crippen molar-refractivity contribution in [2.75, 3.05) is 0 Å². The molecule has 0 radical (unpaired) electrons. The van der Waals surface area contributed by atoms with Gasteiger partial charge < -0.3 is 0 Å². The zero-order chi connectivity index (χ0) is 13.2. The van der Waals surface area contributed by atoms with Crippen molar-refractivity contribution < 1.29 is 4.79 Å². The second kappa shape index (κ2) is 4.96. The summed E-state index contributed by atoms with van der Waals surface area (Å²) in [7, 11) is 0. The van der Waals surface area contributed by atoms with E-state index in [0.29, 0.717) is 5.92 Å². The number of pyridine rings is 1. The van der Waals surface area contributed by atoms with E-state index in [4.69, 9.17) is 0 Å². The van der Waals surface area contributed by atoms with Crippen LogP contribution in [0.1, 0.15) is 52.4 Å². The van der Waals surface area contributed by atoms with E-state index in [1.807, 2.05) is 31.2 Å². The second-order valence-corrected chi connectivity index (χ2v) is 5.23. The molecule has 1 saturated carbocycles. The highest BCUT2D eigenvalue weighted by atomic mass is 16.1. The number of aryl methyl sites for hydroxylation is 1. The van der Waals surface area contributed by atoms with Crippen LogP contribution in [0.3, 0.4) is 0 Å². The average Bonchev–Trinajstić information content (AvgIpc) is 2.37. The Morgan fingerprint density at radius 1 is 1.21 bits per heavy atom. The first kappa shape index (κ1) is 12.1. The molecular weight excluding hydrogens is 234 g/mol. The predicted molar refractivity (Wildman–Crippen MR) is 75.4 cm³/mol. The standard InChI is InChI=1S/C17H17NO/c1-12-11-14(9-10-18-12)17(19)16-8-3-2-7-15(16)13-5-4-6-13/h2-3,7-11,13H,4-6H2,1H3. The van der Waals surface area contributed by atoms with Crippen molar-refractivity contribution in [1.29, 1.82) is 0 Å². The average molecular weight is 251 g/mol. The van der Waals surface area contributed by atoms with Crippen LogP contribution in [-0.2, 0) is 0 Å². The number of ketones is 1. The lowest BCUT2D eigenvalue weighted by Crippen LogP contribution is -2.14. The molecular formula is C17H17NO. The maximum atomic E-state index is 12.6. The lowest BCUT2D eigenvalue weighted by Gasteiger charge is -2.27. The summed E-state index contributed by atoms with van der Waals surface area (Å²) in [6, 6.07) is 11.7. The third-order valence-corrected chi connectivity index (χ3v) is 3.91. The molecule has 0 bridgehead atoms. The Bertz CT molecular complexity index is 614. The van der Waals surface area contributed by atoms with E-state index in [9.17, 15) is 4.79 Å². The van der Waals surface area contributed by atoms with Crippen LogP contribution in [0.4, 0.5) is 0 Å². The fraction of sp³-hybridized carbons (Fsp3) is 0.294. The summed E-state index contributed by atoms with van der Waals surface area (Å²) >= 11 is 0. The summed E-state index contributed by atoms with van der Waals surface area (Å²) in [5.41, 5.74) is 3.69. The number of carbonyl (C=O) groups excluding carboxylic acids is 1. The van der Waals surface area contributed by atoms with Gasteiger partial charge >= 0.3 is 0 Å². The van der Waals surface area contributed by atoms with Gasteiger partial charge in [0, 0.05) is 23.0 Å². The number of hydrogen-bond donors (Lipinski definition) is 0. The van der Waals surface area contributed by atoms with Crippen LogP contribution < -0.4 is 0 Å². The molecule has 2 heteroatoms. The number of aromatic nitrogens is 1. The van der Waals surface area contributed by atoms with Crippen LogP contribution in [0.25, 0.3) is 0 Å². The van der Waals surface area contributed by atoms with Crippen molar-refractivity contribution in [3.63, 3.8) is 0 Å². The summed E-state index contributed by atoms with van der Waals surface area (Å²) in [6.07, 6.45) is 5.40. The summed E-state index contributed by atoms with van der Waals surface area (Å²) in [4.78, 5) is 16.8. The Labute approximate surface area is 113 Å². The van der Waals surface area contributed by atoms with Crippen molar-refractivity contribution in [3.8, 4) is 0 Å². The number of nitrogens with zero attached hydrogens (tertiary/aromatic N) is 1. The van der Waals surface area contributed by atoms with Gasteiger partial charge in [-0.15, -0.1) is 0 Å². The van der Waals surface area contributed by atoms with Gasteiger partial charge in [-0.2, -0.15) is 0 Å². The molecule has 1 heterocycles. The molecule has 2 nitrogen and oxygen atoms in total. The molecule has 96 valence electrons. The van der Waals surface area contributed by atoms with Gasteiger partial charge in [0.25, 0.3) is 0 Å². The number of hydrogen-bond acceptors (Lipinski definition) is 2. The van der Waals surface area contributed by atoms with Gasteiger partial charge in [0.2, 0.25) is 0 Å². The van der Waals surface area contributed by atoms with Crippen molar-refractivity contribution >= 4 is 5.78 Å². The Morgan fingerprint density at radius 3 is 2.68 bits per heavy atom. The molecule has 0 unspecified atom stereocenters. The number of benzene rings is 1. The van der Waals surface area contributed by atoms with Gasteiger partial charge in [-0.1, -0.05) is 30.7 Å². The number of carbonyl (C=O) groups is 1. The van der Waals surface area contributed by atoms with Gasteiger partial charge in [-0.05, 0) is 43.4 Å². The number of rotatable bonds is 3.